The number of esters is 2. The van der Waals surface area contributed by atoms with Crippen molar-refractivity contribution in [3.8, 4) is 0 Å². The number of carbonyl (C=O) groups excluding carboxylic acids is 2. The zero-order chi connectivity index (χ0) is 43.8. The Balaban J connectivity index is 2.32. The zero-order valence-corrected chi connectivity index (χ0v) is 37.7. The molecule has 3 unspecified atom stereocenters. The van der Waals surface area contributed by atoms with Gasteiger partial charge in [-0.25, -0.2) is 4.57 Å². The molecular weight excluding hydrogens is 783 g/mol. The summed E-state index contributed by atoms with van der Waals surface area (Å²) in [7, 11) is -4.65. The third-order valence-corrected chi connectivity index (χ3v) is 10.4. The molecule has 0 amide bonds. The fourth-order valence-electron chi connectivity index (χ4n) is 5.77. The standard InChI is InChI=1S/C48H79O11P/c1-3-5-7-9-11-13-14-15-16-17-18-19-20-21-22-24-26-28-34-38-48(52)58-44(42-57-60(53,54)56-40-43(50)39-49)41-55-47(51)37-33-30-29-32-36-46-45(59-46)35-31-27-25-23-12-10-8-6-4-2/h11-13,15-16,18-19,21-23,27,29,31-32,43-46,49-50H,3-10,14,17,20,24-26,28,30,33-42H2,1-2H3,(H,53,54)/b13-11-,16-15-,19-18-,22-21-,23-12-,31-27-,32-29-/t43-,44+,45?,46?/m0/s1. The average Bonchev–Trinajstić information content (AvgIpc) is 4.00. The van der Waals surface area contributed by atoms with E-state index < -0.39 is 51.8 Å². The highest BCUT2D eigenvalue weighted by Crippen LogP contribution is 2.43. The zero-order valence-electron chi connectivity index (χ0n) is 36.8. The molecule has 11 nitrogen and oxygen atoms in total. The number of phosphoric acid groups is 1. The molecule has 0 radical (unpaired) electrons. The van der Waals surface area contributed by atoms with Crippen LogP contribution in [0.5, 0.6) is 0 Å². The molecule has 12 heteroatoms. The maximum atomic E-state index is 12.6. The van der Waals surface area contributed by atoms with Crippen molar-refractivity contribution >= 4 is 19.8 Å². The Morgan fingerprint density at radius 2 is 1.03 bits per heavy atom. The van der Waals surface area contributed by atoms with E-state index in [1.165, 1.54) is 44.9 Å². The number of ether oxygens (including phenoxy) is 3. The van der Waals surface area contributed by atoms with Crippen molar-refractivity contribution in [3.05, 3.63) is 85.1 Å². The number of phosphoric ester groups is 1. The molecule has 0 aliphatic carbocycles. The monoisotopic (exact) mass is 863 g/mol. The number of hydrogen-bond donors (Lipinski definition) is 3. The van der Waals surface area contributed by atoms with Gasteiger partial charge in [0.05, 0.1) is 32.0 Å². The molecule has 1 rings (SSSR count). The van der Waals surface area contributed by atoms with Gasteiger partial charge in [-0.2, -0.15) is 0 Å². The fourth-order valence-corrected chi connectivity index (χ4v) is 6.56. The predicted octanol–water partition coefficient (Wildman–Crippen LogP) is 11.2. The van der Waals surface area contributed by atoms with Gasteiger partial charge in [-0.1, -0.05) is 131 Å². The molecule has 3 N–H and O–H groups in total. The van der Waals surface area contributed by atoms with E-state index in [-0.39, 0.29) is 31.7 Å². The first kappa shape index (κ1) is 55.1. The molecule has 1 aliphatic rings. The second-order valence-corrected chi connectivity index (χ2v) is 16.6. The van der Waals surface area contributed by atoms with Crippen LogP contribution in [0, 0.1) is 0 Å². The highest BCUT2D eigenvalue weighted by molar-refractivity contribution is 7.47. The number of unbranched alkanes of at least 4 members (excludes halogenated alkanes) is 10. The number of allylic oxidation sites excluding steroid dienone is 12. The minimum Gasteiger partial charge on any atom is -0.462 e. The van der Waals surface area contributed by atoms with E-state index in [1.807, 2.05) is 6.08 Å². The largest absolute Gasteiger partial charge is 0.472 e. The van der Waals surface area contributed by atoms with Crippen molar-refractivity contribution in [3.63, 3.8) is 0 Å². The summed E-state index contributed by atoms with van der Waals surface area (Å²) in [5.74, 6) is -1.04. The van der Waals surface area contributed by atoms with Crippen LogP contribution in [0.15, 0.2) is 85.1 Å². The van der Waals surface area contributed by atoms with E-state index in [4.69, 9.17) is 23.8 Å². The smallest absolute Gasteiger partial charge is 0.462 e. The predicted molar refractivity (Wildman–Crippen MR) is 241 cm³/mol. The first-order valence-electron chi connectivity index (χ1n) is 22.7. The molecule has 1 fully saturated rings. The first-order valence-corrected chi connectivity index (χ1v) is 24.2. The highest BCUT2D eigenvalue weighted by atomic mass is 31.2. The topological polar surface area (TPSA) is 161 Å². The minimum absolute atomic E-state index is 0.127. The quantitative estimate of drug-likeness (QED) is 0.0177. The maximum absolute atomic E-state index is 12.6. The van der Waals surface area contributed by atoms with Crippen molar-refractivity contribution in [2.75, 3.05) is 26.4 Å². The molecule has 0 bridgehead atoms. The van der Waals surface area contributed by atoms with Crippen molar-refractivity contribution in [1.82, 2.24) is 0 Å². The molecule has 60 heavy (non-hydrogen) atoms. The highest BCUT2D eigenvalue weighted by Gasteiger charge is 2.36. The number of aliphatic hydroxyl groups is 2. The van der Waals surface area contributed by atoms with Crippen LogP contribution in [0.2, 0.25) is 0 Å². The van der Waals surface area contributed by atoms with E-state index in [2.05, 4.69) is 97.4 Å². The van der Waals surface area contributed by atoms with Crippen LogP contribution < -0.4 is 0 Å². The molecule has 0 aromatic rings. The second kappa shape index (κ2) is 39.0. The number of hydrogen-bond acceptors (Lipinski definition) is 10. The Bertz CT molecular complexity index is 1340. The lowest BCUT2D eigenvalue weighted by molar-refractivity contribution is -0.161. The van der Waals surface area contributed by atoms with Gasteiger partial charge in [0, 0.05) is 12.8 Å². The van der Waals surface area contributed by atoms with Gasteiger partial charge in [0.25, 0.3) is 0 Å². The van der Waals surface area contributed by atoms with Crippen LogP contribution in [0.1, 0.15) is 155 Å². The lowest BCUT2D eigenvalue weighted by Gasteiger charge is -2.20. The van der Waals surface area contributed by atoms with E-state index in [0.717, 1.165) is 64.2 Å². The van der Waals surface area contributed by atoms with E-state index >= 15 is 0 Å². The summed E-state index contributed by atoms with van der Waals surface area (Å²) < 4.78 is 38.4. The molecule has 5 atom stereocenters. The number of carbonyl (C=O) groups is 2. The fraction of sp³-hybridized carbons (Fsp3) is 0.667. The summed E-state index contributed by atoms with van der Waals surface area (Å²) in [6.45, 7) is 2.19. The Kier molecular flexibility index (Phi) is 35.8. The van der Waals surface area contributed by atoms with Gasteiger partial charge in [0.2, 0.25) is 0 Å². The summed E-state index contributed by atoms with van der Waals surface area (Å²) in [6.07, 6.45) is 48.6. The summed E-state index contributed by atoms with van der Waals surface area (Å²) in [5, 5.41) is 18.4. The van der Waals surface area contributed by atoms with Crippen molar-refractivity contribution < 1.29 is 52.5 Å². The van der Waals surface area contributed by atoms with Gasteiger partial charge in [0.15, 0.2) is 6.10 Å². The van der Waals surface area contributed by atoms with Crippen LogP contribution in [0.25, 0.3) is 0 Å². The second-order valence-electron chi connectivity index (χ2n) is 15.1. The van der Waals surface area contributed by atoms with Crippen LogP contribution in [0.4, 0.5) is 0 Å². The molecule has 342 valence electrons. The van der Waals surface area contributed by atoms with Gasteiger partial charge >= 0.3 is 19.8 Å². The number of aliphatic hydroxyl groups excluding tert-OH is 2. The normalized spacial score (nSPS) is 17.9. The molecular formula is C48H79O11P. The van der Waals surface area contributed by atoms with Gasteiger partial charge in [-0.05, 0) is 96.3 Å². The summed E-state index contributed by atoms with van der Waals surface area (Å²) in [6, 6.07) is 0. The summed E-state index contributed by atoms with van der Waals surface area (Å²) >= 11 is 0. The number of rotatable bonds is 40. The first-order chi connectivity index (χ1) is 29.2. The molecule has 1 saturated heterocycles. The third kappa shape index (κ3) is 35.8. The summed E-state index contributed by atoms with van der Waals surface area (Å²) in [5.41, 5.74) is 0. The van der Waals surface area contributed by atoms with Gasteiger partial charge in [0.1, 0.15) is 12.7 Å². The molecule has 1 heterocycles. The molecule has 0 spiro atoms. The number of epoxide rings is 1. The van der Waals surface area contributed by atoms with Crippen LogP contribution in [-0.2, 0) is 37.4 Å². The Morgan fingerprint density at radius 3 is 1.58 bits per heavy atom. The van der Waals surface area contributed by atoms with Crippen LogP contribution >= 0.6 is 7.82 Å². The van der Waals surface area contributed by atoms with Crippen molar-refractivity contribution in [2.24, 2.45) is 0 Å². The lowest BCUT2D eigenvalue weighted by atomic mass is 10.1. The molecule has 1 aliphatic heterocycles. The minimum atomic E-state index is -4.65. The average molecular weight is 863 g/mol. The van der Waals surface area contributed by atoms with Crippen molar-refractivity contribution in [1.29, 1.82) is 0 Å². The Hall–Kier alpha value is -2.89. The van der Waals surface area contributed by atoms with Gasteiger partial charge in [-0.15, -0.1) is 0 Å². The van der Waals surface area contributed by atoms with Gasteiger partial charge < -0.3 is 29.3 Å². The molecule has 0 saturated carbocycles. The summed E-state index contributed by atoms with van der Waals surface area (Å²) in [4.78, 5) is 35.1. The van der Waals surface area contributed by atoms with E-state index in [1.54, 1.807) is 0 Å². The van der Waals surface area contributed by atoms with Crippen molar-refractivity contribution in [2.45, 2.75) is 180 Å². The molecule has 0 aromatic carbocycles. The SMILES string of the molecule is CCCCC/C=C\C/C=C\C/C=C\C/C=C\CCCCCC(=O)O[C@H](COC(=O)CCC/C=C\CC1OC1C/C=C\C/C=C\CCCCC)COP(=O)(O)OC[C@@H](O)CO. The van der Waals surface area contributed by atoms with E-state index in [9.17, 15) is 24.2 Å². The molecule has 0 aromatic heterocycles. The van der Waals surface area contributed by atoms with Crippen LogP contribution in [0.3, 0.4) is 0 Å². The lowest BCUT2D eigenvalue weighted by Crippen LogP contribution is -2.29. The maximum Gasteiger partial charge on any atom is 0.472 e. The Labute approximate surface area is 362 Å². The van der Waals surface area contributed by atoms with Gasteiger partial charge in [-0.3, -0.25) is 18.6 Å². The third-order valence-electron chi connectivity index (χ3n) is 9.42. The Morgan fingerprint density at radius 1 is 0.583 bits per heavy atom. The van der Waals surface area contributed by atoms with E-state index in [0.29, 0.717) is 19.3 Å². The van der Waals surface area contributed by atoms with Crippen LogP contribution in [-0.4, -0.2) is 77.9 Å².